The van der Waals surface area contributed by atoms with Crippen LogP contribution in [-0.4, -0.2) is 58.4 Å². The summed E-state index contributed by atoms with van der Waals surface area (Å²) in [5.41, 5.74) is 2.78. The van der Waals surface area contributed by atoms with Crippen molar-refractivity contribution < 1.29 is 4.79 Å². The molecule has 1 amide bonds. The van der Waals surface area contributed by atoms with Crippen molar-refractivity contribution in [2.45, 2.75) is 25.3 Å². The standard InChI is InChI=1S/C14H22N6O/c1-19-5-2-3-10-9-20(6-4-12(10)19)14(21)11-7-16-8-13(17-11)18-15/h7-8,10,12H,2-6,9,15H2,1H3,(H,17,18). The summed E-state index contributed by atoms with van der Waals surface area (Å²) in [5.74, 6) is 6.25. The summed E-state index contributed by atoms with van der Waals surface area (Å²) in [5, 5.41) is 0. The first-order chi connectivity index (χ1) is 10.2. The van der Waals surface area contributed by atoms with Crippen molar-refractivity contribution in [1.82, 2.24) is 19.8 Å². The van der Waals surface area contributed by atoms with Gasteiger partial charge in [0.1, 0.15) is 5.69 Å². The number of nitrogens with zero attached hydrogens (tertiary/aromatic N) is 4. The van der Waals surface area contributed by atoms with E-state index < -0.39 is 0 Å². The average molecular weight is 290 g/mol. The number of nitrogens with two attached hydrogens (primary N) is 1. The molecule has 0 radical (unpaired) electrons. The number of rotatable bonds is 2. The van der Waals surface area contributed by atoms with Crippen LogP contribution in [0.25, 0.3) is 0 Å². The minimum Gasteiger partial charge on any atom is -0.337 e. The Morgan fingerprint density at radius 1 is 1.38 bits per heavy atom. The van der Waals surface area contributed by atoms with Crippen molar-refractivity contribution in [3.63, 3.8) is 0 Å². The largest absolute Gasteiger partial charge is 0.337 e. The SMILES string of the molecule is CN1CCCC2CN(C(=O)c3cncc(NN)n3)CCC21. The van der Waals surface area contributed by atoms with Crippen LogP contribution < -0.4 is 11.3 Å². The van der Waals surface area contributed by atoms with Crippen LogP contribution in [0, 0.1) is 5.92 Å². The monoisotopic (exact) mass is 290 g/mol. The molecule has 2 fully saturated rings. The smallest absolute Gasteiger partial charge is 0.274 e. The lowest BCUT2D eigenvalue weighted by Gasteiger charge is -2.45. The summed E-state index contributed by atoms with van der Waals surface area (Å²) in [6, 6.07) is 0.617. The van der Waals surface area contributed by atoms with Gasteiger partial charge in [-0.1, -0.05) is 0 Å². The lowest BCUT2D eigenvalue weighted by atomic mass is 9.84. The molecule has 3 heterocycles. The number of piperidine rings is 2. The molecule has 0 aromatic carbocycles. The van der Waals surface area contributed by atoms with Crippen molar-refractivity contribution in [3.8, 4) is 0 Å². The van der Waals surface area contributed by atoms with Gasteiger partial charge in [-0.3, -0.25) is 9.78 Å². The molecule has 2 aliphatic rings. The molecule has 0 aliphatic carbocycles. The Hall–Kier alpha value is -1.73. The van der Waals surface area contributed by atoms with E-state index in [1.54, 1.807) is 0 Å². The lowest BCUT2D eigenvalue weighted by Crippen LogP contribution is -2.54. The predicted molar refractivity (Wildman–Crippen MR) is 79.5 cm³/mol. The number of likely N-dealkylation sites (tertiary alicyclic amines) is 2. The molecule has 7 nitrogen and oxygen atoms in total. The van der Waals surface area contributed by atoms with Gasteiger partial charge in [-0.2, -0.15) is 0 Å². The third-order valence-corrected chi connectivity index (χ3v) is 4.63. The van der Waals surface area contributed by atoms with Gasteiger partial charge >= 0.3 is 0 Å². The normalized spacial score (nSPS) is 26.3. The van der Waals surface area contributed by atoms with Gasteiger partial charge in [-0.05, 0) is 38.8 Å². The topological polar surface area (TPSA) is 87.4 Å². The van der Waals surface area contributed by atoms with E-state index in [-0.39, 0.29) is 5.91 Å². The molecule has 3 rings (SSSR count). The van der Waals surface area contributed by atoms with E-state index in [1.165, 1.54) is 31.8 Å². The van der Waals surface area contributed by atoms with Gasteiger partial charge in [0.2, 0.25) is 0 Å². The van der Waals surface area contributed by atoms with Crippen LogP contribution in [0.5, 0.6) is 0 Å². The van der Waals surface area contributed by atoms with Gasteiger partial charge in [0.15, 0.2) is 5.82 Å². The average Bonchev–Trinajstić information content (AvgIpc) is 2.54. The van der Waals surface area contributed by atoms with Crippen LogP contribution >= 0.6 is 0 Å². The number of carbonyl (C=O) groups excluding carboxylic acids is 1. The van der Waals surface area contributed by atoms with E-state index in [0.29, 0.717) is 23.5 Å². The van der Waals surface area contributed by atoms with Crippen molar-refractivity contribution in [2.24, 2.45) is 11.8 Å². The highest BCUT2D eigenvalue weighted by Crippen LogP contribution is 2.30. The number of anilines is 1. The summed E-state index contributed by atoms with van der Waals surface area (Å²) in [7, 11) is 2.19. The van der Waals surface area contributed by atoms with E-state index in [1.807, 2.05) is 4.90 Å². The van der Waals surface area contributed by atoms with Gasteiger partial charge in [0.05, 0.1) is 12.4 Å². The molecule has 114 valence electrons. The Kier molecular flexibility index (Phi) is 4.03. The first kappa shape index (κ1) is 14.2. The fraction of sp³-hybridized carbons (Fsp3) is 0.643. The number of aromatic nitrogens is 2. The molecule has 1 aromatic rings. The van der Waals surface area contributed by atoms with Crippen LogP contribution in [-0.2, 0) is 0 Å². The number of hydrazine groups is 1. The van der Waals surface area contributed by atoms with E-state index in [9.17, 15) is 4.79 Å². The number of hydrogen-bond acceptors (Lipinski definition) is 6. The van der Waals surface area contributed by atoms with Gasteiger partial charge < -0.3 is 15.2 Å². The Morgan fingerprint density at radius 2 is 2.24 bits per heavy atom. The minimum atomic E-state index is -0.0497. The van der Waals surface area contributed by atoms with E-state index in [0.717, 1.165) is 19.5 Å². The van der Waals surface area contributed by atoms with Crippen molar-refractivity contribution in [2.75, 3.05) is 32.1 Å². The fourth-order valence-electron chi connectivity index (χ4n) is 3.54. The molecule has 2 atom stereocenters. The predicted octanol–water partition coefficient (Wildman–Crippen LogP) is 0.319. The number of carbonyl (C=O) groups is 1. The highest BCUT2D eigenvalue weighted by Gasteiger charge is 2.36. The molecular weight excluding hydrogens is 268 g/mol. The zero-order chi connectivity index (χ0) is 14.8. The number of nitrogen functional groups attached to an aromatic ring is 1. The van der Waals surface area contributed by atoms with Crippen molar-refractivity contribution in [3.05, 3.63) is 18.1 Å². The molecule has 2 unspecified atom stereocenters. The quantitative estimate of drug-likeness (QED) is 0.602. The molecule has 0 bridgehead atoms. The van der Waals surface area contributed by atoms with Gasteiger partial charge in [-0.25, -0.2) is 10.8 Å². The van der Waals surface area contributed by atoms with Crippen molar-refractivity contribution >= 4 is 11.7 Å². The molecule has 21 heavy (non-hydrogen) atoms. The first-order valence-electron chi connectivity index (χ1n) is 7.47. The molecule has 3 N–H and O–H groups in total. The van der Waals surface area contributed by atoms with Gasteiger partial charge in [0.25, 0.3) is 5.91 Å². The Balaban J connectivity index is 1.71. The second kappa shape index (κ2) is 5.95. The lowest BCUT2D eigenvalue weighted by molar-refractivity contribution is 0.0313. The molecule has 0 saturated carbocycles. The molecular formula is C14H22N6O. The summed E-state index contributed by atoms with van der Waals surface area (Å²) in [6.07, 6.45) is 6.46. The van der Waals surface area contributed by atoms with Crippen LogP contribution in [0.2, 0.25) is 0 Å². The van der Waals surface area contributed by atoms with Crippen molar-refractivity contribution in [1.29, 1.82) is 0 Å². The second-order valence-electron chi connectivity index (χ2n) is 5.92. The molecule has 0 spiro atoms. The maximum absolute atomic E-state index is 12.6. The molecule has 7 heteroatoms. The Labute approximate surface area is 124 Å². The number of hydrogen-bond donors (Lipinski definition) is 2. The third-order valence-electron chi connectivity index (χ3n) is 4.63. The maximum atomic E-state index is 12.6. The Bertz CT molecular complexity index is 522. The maximum Gasteiger partial charge on any atom is 0.274 e. The van der Waals surface area contributed by atoms with Crippen LogP contribution in [0.15, 0.2) is 12.4 Å². The van der Waals surface area contributed by atoms with Crippen LogP contribution in [0.1, 0.15) is 29.8 Å². The Morgan fingerprint density at radius 3 is 3.05 bits per heavy atom. The van der Waals surface area contributed by atoms with Gasteiger partial charge in [0, 0.05) is 19.1 Å². The fourth-order valence-corrected chi connectivity index (χ4v) is 3.54. The second-order valence-corrected chi connectivity index (χ2v) is 5.92. The molecule has 2 saturated heterocycles. The zero-order valence-electron chi connectivity index (χ0n) is 12.3. The molecule has 1 aromatic heterocycles. The van der Waals surface area contributed by atoms with Crippen LogP contribution in [0.4, 0.5) is 5.82 Å². The van der Waals surface area contributed by atoms with Crippen LogP contribution in [0.3, 0.4) is 0 Å². The number of amides is 1. The highest BCUT2D eigenvalue weighted by molar-refractivity contribution is 5.92. The summed E-state index contributed by atoms with van der Waals surface area (Å²) in [6.45, 7) is 2.77. The zero-order valence-corrected chi connectivity index (χ0v) is 12.3. The highest BCUT2D eigenvalue weighted by atomic mass is 16.2. The number of fused-ring (bicyclic) bond motifs is 1. The minimum absolute atomic E-state index is 0.0497. The van der Waals surface area contributed by atoms with E-state index >= 15 is 0 Å². The summed E-state index contributed by atoms with van der Waals surface area (Å²) in [4.78, 5) is 25.1. The van der Waals surface area contributed by atoms with Gasteiger partial charge in [-0.15, -0.1) is 0 Å². The summed E-state index contributed by atoms with van der Waals surface area (Å²) >= 11 is 0. The first-order valence-corrected chi connectivity index (χ1v) is 7.47. The van der Waals surface area contributed by atoms with E-state index in [4.69, 9.17) is 5.84 Å². The van der Waals surface area contributed by atoms with E-state index in [2.05, 4.69) is 27.3 Å². The number of nitrogens with one attached hydrogen (secondary N) is 1. The summed E-state index contributed by atoms with van der Waals surface area (Å²) < 4.78 is 0. The third kappa shape index (κ3) is 2.84. The molecule has 2 aliphatic heterocycles.